The van der Waals surface area contributed by atoms with Crippen molar-refractivity contribution in [3.63, 3.8) is 0 Å². The van der Waals surface area contributed by atoms with Gasteiger partial charge in [-0.25, -0.2) is 0 Å². The van der Waals surface area contributed by atoms with E-state index in [1.54, 1.807) is 0 Å². The first kappa shape index (κ1) is 22.4. The summed E-state index contributed by atoms with van der Waals surface area (Å²) in [7, 11) is 0. The number of allylic oxidation sites excluding steroid dienone is 1. The zero-order valence-corrected chi connectivity index (χ0v) is 18.4. The first-order valence-corrected chi connectivity index (χ1v) is 11.5. The van der Waals surface area contributed by atoms with E-state index in [-0.39, 0.29) is 18.5 Å². The highest BCUT2D eigenvalue weighted by Gasteiger charge is 2.32. The number of carbonyl (C=O) groups is 1. The molecule has 166 valence electrons. The largest absolute Gasteiger partial charge is 0.409 e. The number of benzene rings is 1. The van der Waals surface area contributed by atoms with Crippen LogP contribution in [0.4, 0.5) is 13.2 Å². The first-order chi connectivity index (χ1) is 14.8. The maximum atomic E-state index is 12.6. The zero-order chi connectivity index (χ0) is 22.0. The van der Waals surface area contributed by atoms with Crippen molar-refractivity contribution in [2.24, 2.45) is 5.92 Å². The monoisotopic (exact) mass is 469 g/mol. The molecule has 3 heterocycles. The summed E-state index contributed by atoms with van der Waals surface area (Å²) in [4.78, 5) is 14.9. The highest BCUT2D eigenvalue weighted by Crippen LogP contribution is 2.41. The summed E-state index contributed by atoms with van der Waals surface area (Å²) in [6.45, 7) is 2.14. The molecule has 4 rings (SSSR count). The lowest BCUT2D eigenvalue weighted by Gasteiger charge is -2.34. The SMILES string of the molecule is O=C(/C=C/C(F)(F)F)N1Cc2sc(Cl)cc2[C@H](c2ccccc2CC2CCOCC2)C1. The second-order valence-electron chi connectivity index (χ2n) is 8.03. The number of hydrogen-bond donors (Lipinski definition) is 0. The van der Waals surface area contributed by atoms with Crippen molar-refractivity contribution in [3.05, 3.63) is 68.4 Å². The Kier molecular flexibility index (Phi) is 6.74. The van der Waals surface area contributed by atoms with Gasteiger partial charge in [0.05, 0.1) is 10.9 Å². The lowest BCUT2D eigenvalue weighted by molar-refractivity contribution is -0.127. The van der Waals surface area contributed by atoms with E-state index in [0.717, 1.165) is 48.5 Å². The lowest BCUT2D eigenvalue weighted by Crippen LogP contribution is -2.37. The van der Waals surface area contributed by atoms with E-state index >= 15 is 0 Å². The maximum Gasteiger partial charge on any atom is 0.409 e. The molecule has 3 nitrogen and oxygen atoms in total. The van der Waals surface area contributed by atoms with E-state index in [1.165, 1.54) is 21.8 Å². The van der Waals surface area contributed by atoms with Crippen molar-refractivity contribution in [3.8, 4) is 0 Å². The minimum Gasteiger partial charge on any atom is -0.381 e. The molecule has 0 aliphatic carbocycles. The van der Waals surface area contributed by atoms with Gasteiger partial charge in [0.25, 0.3) is 0 Å². The number of amides is 1. The Balaban J connectivity index is 1.64. The number of rotatable bonds is 4. The van der Waals surface area contributed by atoms with Gasteiger partial charge in [-0.1, -0.05) is 35.9 Å². The standard InChI is InChI=1S/C23H23ClF3NO2S/c24-21-12-18-19(13-28(14-20(18)31-21)22(29)5-8-23(25,26)27)17-4-2-1-3-16(17)11-15-6-9-30-10-7-15/h1-5,8,12,15,19H,6-7,9-11,13-14H2/b8-5+/t19-/m0/s1. The van der Waals surface area contributed by atoms with Gasteiger partial charge in [-0.05, 0) is 47.9 Å². The molecular formula is C23H23ClF3NO2S. The molecule has 0 radical (unpaired) electrons. The maximum absolute atomic E-state index is 12.6. The van der Waals surface area contributed by atoms with Crippen LogP contribution >= 0.6 is 22.9 Å². The van der Waals surface area contributed by atoms with Crippen molar-refractivity contribution in [2.75, 3.05) is 19.8 Å². The number of ether oxygens (including phenoxy) is 1. The van der Waals surface area contributed by atoms with Gasteiger partial charge in [-0.15, -0.1) is 11.3 Å². The molecule has 1 fully saturated rings. The van der Waals surface area contributed by atoms with Crippen LogP contribution in [0.3, 0.4) is 0 Å². The predicted octanol–water partition coefficient (Wildman–Crippen LogP) is 5.96. The Morgan fingerprint density at radius 3 is 2.71 bits per heavy atom. The molecule has 1 aromatic heterocycles. The van der Waals surface area contributed by atoms with Gasteiger partial charge in [0.2, 0.25) is 5.91 Å². The third-order valence-corrected chi connectivity index (χ3v) is 7.20. The van der Waals surface area contributed by atoms with Gasteiger partial charge in [-0.3, -0.25) is 4.79 Å². The van der Waals surface area contributed by atoms with Gasteiger partial charge in [-0.2, -0.15) is 13.2 Å². The quantitative estimate of drug-likeness (QED) is 0.517. The molecule has 0 N–H and O–H groups in total. The topological polar surface area (TPSA) is 29.5 Å². The highest BCUT2D eigenvalue weighted by molar-refractivity contribution is 7.16. The van der Waals surface area contributed by atoms with Gasteiger partial charge in [0.15, 0.2) is 0 Å². The molecule has 1 amide bonds. The van der Waals surface area contributed by atoms with Gasteiger partial charge in [0, 0.05) is 42.7 Å². The van der Waals surface area contributed by atoms with Crippen molar-refractivity contribution < 1.29 is 22.7 Å². The normalized spacial score (nSPS) is 20.3. The molecule has 2 aliphatic rings. The van der Waals surface area contributed by atoms with Crippen molar-refractivity contribution in [1.29, 1.82) is 0 Å². The van der Waals surface area contributed by atoms with Gasteiger partial charge < -0.3 is 9.64 Å². The molecular weight excluding hydrogens is 447 g/mol. The summed E-state index contributed by atoms with van der Waals surface area (Å²) in [6.07, 6.45) is -0.946. The van der Waals surface area contributed by atoms with Crippen LogP contribution in [0.2, 0.25) is 4.34 Å². The fourth-order valence-corrected chi connectivity index (χ4v) is 5.77. The molecule has 8 heteroatoms. The molecule has 31 heavy (non-hydrogen) atoms. The summed E-state index contributed by atoms with van der Waals surface area (Å²) < 4.78 is 43.8. The van der Waals surface area contributed by atoms with Gasteiger partial charge >= 0.3 is 6.18 Å². The van der Waals surface area contributed by atoms with E-state index < -0.39 is 12.1 Å². The zero-order valence-electron chi connectivity index (χ0n) is 16.8. The second-order valence-corrected chi connectivity index (χ2v) is 9.80. The molecule has 2 aromatic rings. The Hall–Kier alpha value is -1.83. The summed E-state index contributed by atoms with van der Waals surface area (Å²) in [5.74, 6) is -0.220. The Morgan fingerprint density at radius 2 is 1.97 bits per heavy atom. The number of carbonyl (C=O) groups excluding carboxylic acids is 1. The molecule has 0 saturated carbocycles. The number of fused-ring (bicyclic) bond motifs is 1. The number of thiophene rings is 1. The summed E-state index contributed by atoms with van der Waals surface area (Å²) in [5, 5.41) is 0. The molecule has 1 atom stereocenters. The van der Waals surface area contributed by atoms with E-state index in [0.29, 0.717) is 22.9 Å². The minimum absolute atomic E-state index is 0.000348. The van der Waals surface area contributed by atoms with Gasteiger partial charge in [0.1, 0.15) is 0 Å². The Bertz CT molecular complexity index is 966. The van der Waals surface area contributed by atoms with Crippen LogP contribution in [0.5, 0.6) is 0 Å². The van der Waals surface area contributed by atoms with E-state index in [2.05, 4.69) is 12.1 Å². The molecule has 1 saturated heterocycles. The van der Waals surface area contributed by atoms with E-state index in [1.807, 2.05) is 18.2 Å². The van der Waals surface area contributed by atoms with Crippen LogP contribution in [0, 0.1) is 5.92 Å². The molecule has 0 unspecified atom stereocenters. The van der Waals surface area contributed by atoms with Crippen LogP contribution in [0.25, 0.3) is 0 Å². The summed E-state index contributed by atoms with van der Waals surface area (Å²) in [5.41, 5.74) is 3.40. The van der Waals surface area contributed by atoms with Crippen LogP contribution in [-0.2, 0) is 22.5 Å². The Morgan fingerprint density at radius 1 is 1.23 bits per heavy atom. The summed E-state index contributed by atoms with van der Waals surface area (Å²) in [6, 6.07) is 10.1. The van der Waals surface area contributed by atoms with Crippen LogP contribution in [0.1, 0.15) is 40.3 Å². The highest BCUT2D eigenvalue weighted by atomic mass is 35.5. The molecule has 0 spiro atoms. The molecule has 0 bridgehead atoms. The molecule has 1 aromatic carbocycles. The fourth-order valence-electron chi connectivity index (χ4n) is 4.41. The number of nitrogens with zero attached hydrogens (tertiary/aromatic N) is 1. The summed E-state index contributed by atoms with van der Waals surface area (Å²) >= 11 is 7.67. The van der Waals surface area contributed by atoms with Crippen molar-refractivity contribution in [2.45, 2.75) is 37.9 Å². The molecule has 2 aliphatic heterocycles. The average Bonchev–Trinajstić information content (AvgIpc) is 3.12. The van der Waals surface area contributed by atoms with Crippen LogP contribution in [-0.4, -0.2) is 36.7 Å². The smallest absolute Gasteiger partial charge is 0.381 e. The lowest BCUT2D eigenvalue weighted by atomic mass is 9.82. The van der Waals surface area contributed by atoms with E-state index in [4.69, 9.17) is 16.3 Å². The van der Waals surface area contributed by atoms with Crippen molar-refractivity contribution in [1.82, 2.24) is 4.90 Å². The average molecular weight is 470 g/mol. The van der Waals surface area contributed by atoms with Crippen LogP contribution in [0.15, 0.2) is 42.5 Å². The van der Waals surface area contributed by atoms with Crippen molar-refractivity contribution >= 4 is 28.8 Å². The minimum atomic E-state index is -4.52. The number of alkyl halides is 3. The van der Waals surface area contributed by atoms with E-state index in [9.17, 15) is 18.0 Å². The first-order valence-electron chi connectivity index (χ1n) is 10.3. The third-order valence-electron chi connectivity index (χ3n) is 5.93. The third kappa shape index (κ3) is 5.51. The number of halogens is 4. The Labute approximate surface area is 188 Å². The number of hydrogen-bond acceptors (Lipinski definition) is 3. The van der Waals surface area contributed by atoms with Crippen LogP contribution < -0.4 is 0 Å². The fraction of sp³-hybridized carbons (Fsp3) is 0.435. The predicted molar refractivity (Wildman–Crippen MR) is 115 cm³/mol. The second kappa shape index (κ2) is 9.35.